The molecule has 0 bridgehead atoms. The Kier molecular flexibility index (Phi) is 4.72. The highest BCUT2D eigenvalue weighted by atomic mass is 32.2. The summed E-state index contributed by atoms with van der Waals surface area (Å²) in [6.07, 6.45) is 1.53. The average molecular weight is 246 g/mol. The van der Waals surface area contributed by atoms with Gasteiger partial charge in [0.25, 0.3) is 5.91 Å². The Morgan fingerprint density at radius 1 is 1.53 bits per heavy atom. The van der Waals surface area contributed by atoms with Crippen LogP contribution in [0.1, 0.15) is 5.56 Å². The largest absolute Gasteiger partial charge is 0.364 e. The number of allylic oxidation sites excluding steroid dienone is 1. The van der Waals surface area contributed by atoms with Crippen LogP contribution in [0.2, 0.25) is 0 Å². The van der Waals surface area contributed by atoms with Crippen molar-refractivity contribution in [2.75, 3.05) is 0 Å². The first-order valence-corrected chi connectivity index (χ1v) is 5.76. The Balaban J connectivity index is 2.80. The molecule has 4 heteroatoms. The van der Waals surface area contributed by atoms with E-state index in [2.05, 4.69) is 18.3 Å². The Morgan fingerprint density at radius 2 is 2.24 bits per heavy atom. The number of hydrogen-bond acceptors (Lipinski definition) is 3. The summed E-state index contributed by atoms with van der Waals surface area (Å²) < 4.78 is 0. The predicted molar refractivity (Wildman–Crippen MR) is 73.0 cm³/mol. The molecule has 2 N–H and O–H groups in total. The Bertz CT molecular complexity index is 492. The molecule has 17 heavy (non-hydrogen) atoms. The van der Waals surface area contributed by atoms with Crippen LogP contribution in [0.4, 0.5) is 0 Å². The number of primary amides is 1. The molecule has 0 saturated heterocycles. The fourth-order valence-corrected chi connectivity index (χ4v) is 2.07. The lowest BCUT2D eigenvalue weighted by Crippen LogP contribution is -2.12. The zero-order valence-corrected chi connectivity index (χ0v) is 10.5. The van der Waals surface area contributed by atoms with Crippen molar-refractivity contribution in [2.45, 2.75) is 11.8 Å². The third-order valence-corrected chi connectivity index (χ3v) is 2.83. The van der Waals surface area contributed by atoms with Crippen LogP contribution in [0.15, 0.2) is 57.4 Å². The van der Waals surface area contributed by atoms with E-state index in [1.165, 1.54) is 23.4 Å². The molecular weight excluding hydrogens is 232 g/mol. The number of carbonyl (C=O) groups is 1. The maximum absolute atomic E-state index is 10.9. The molecule has 1 amide bonds. The number of amides is 1. The van der Waals surface area contributed by atoms with Crippen LogP contribution in [0.3, 0.4) is 0 Å². The fourth-order valence-electron chi connectivity index (χ4n) is 1.21. The number of nitrogens with two attached hydrogens (primary N) is 1. The highest BCUT2D eigenvalue weighted by Gasteiger charge is 2.03. The minimum atomic E-state index is -0.606. The van der Waals surface area contributed by atoms with Crippen LogP contribution in [0, 0.1) is 6.92 Å². The van der Waals surface area contributed by atoms with Crippen molar-refractivity contribution in [3.8, 4) is 0 Å². The van der Waals surface area contributed by atoms with E-state index in [9.17, 15) is 4.79 Å². The van der Waals surface area contributed by atoms with Crippen molar-refractivity contribution in [3.05, 3.63) is 53.1 Å². The van der Waals surface area contributed by atoms with Crippen LogP contribution in [-0.2, 0) is 4.79 Å². The highest BCUT2D eigenvalue weighted by Crippen LogP contribution is 2.27. The number of aryl methyl sites for hydroxylation is 1. The zero-order valence-electron chi connectivity index (χ0n) is 9.64. The molecule has 0 aliphatic carbocycles. The zero-order chi connectivity index (χ0) is 12.8. The Morgan fingerprint density at radius 3 is 2.76 bits per heavy atom. The van der Waals surface area contributed by atoms with Gasteiger partial charge in [0, 0.05) is 9.80 Å². The van der Waals surface area contributed by atoms with E-state index < -0.39 is 5.91 Å². The van der Waals surface area contributed by atoms with Gasteiger partial charge in [-0.15, -0.1) is 0 Å². The smallest absolute Gasteiger partial charge is 0.267 e. The summed E-state index contributed by atoms with van der Waals surface area (Å²) in [4.78, 5) is 16.2. The summed E-state index contributed by atoms with van der Waals surface area (Å²) in [6, 6.07) is 8.00. The third-order valence-electron chi connectivity index (χ3n) is 1.96. The molecule has 0 aromatic heterocycles. The van der Waals surface area contributed by atoms with E-state index in [0.29, 0.717) is 4.91 Å². The lowest BCUT2D eigenvalue weighted by Gasteiger charge is -2.02. The van der Waals surface area contributed by atoms with Crippen molar-refractivity contribution in [2.24, 2.45) is 10.7 Å². The minimum absolute atomic E-state index is 0.121. The van der Waals surface area contributed by atoms with Gasteiger partial charge in [-0.05, 0) is 31.9 Å². The van der Waals surface area contributed by atoms with E-state index >= 15 is 0 Å². The number of aliphatic imine (C=N–C) groups is 1. The highest BCUT2D eigenvalue weighted by molar-refractivity contribution is 8.03. The summed E-state index contributed by atoms with van der Waals surface area (Å²) in [5, 5.41) is 0. The van der Waals surface area contributed by atoms with Crippen LogP contribution in [0.5, 0.6) is 0 Å². The first kappa shape index (κ1) is 13.3. The van der Waals surface area contributed by atoms with Crippen molar-refractivity contribution in [1.82, 2.24) is 0 Å². The monoisotopic (exact) mass is 246 g/mol. The molecule has 1 aromatic rings. The molecule has 0 spiro atoms. The van der Waals surface area contributed by atoms with Gasteiger partial charge in [0.2, 0.25) is 0 Å². The van der Waals surface area contributed by atoms with Crippen molar-refractivity contribution in [1.29, 1.82) is 0 Å². The number of rotatable bonds is 5. The van der Waals surface area contributed by atoms with Crippen LogP contribution in [0.25, 0.3) is 0 Å². The van der Waals surface area contributed by atoms with Gasteiger partial charge in [-0.3, -0.25) is 9.79 Å². The van der Waals surface area contributed by atoms with Gasteiger partial charge >= 0.3 is 0 Å². The molecule has 0 aliphatic rings. The Labute approximate surface area is 105 Å². The second-order valence-electron chi connectivity index (χ2n) is 3.44. The molecule has 88 valence electrons. The van der Waals surface area contributed by atoms with Gasteiger partial charge in [-0.2, -0.15) is 0 Å². The van der Waals surface area contributed by atoms with Gasteiger partial charge in [0.05, 0.1) is 0 Å². The average Bonchev–Trinajstić information content (AvgIpc) is 2.25. The summed E-state index contributed by atoms with van der Waals surface area (Å²) in [7, 11) is 0. The lowest BCUT2D eigenvalue weighted by atomic mass is 10.2. The maximum atomic E-state index is 10.9. The van der Waals surface area contributed by atoms with E-state index in [-0.39, 0.29) is 5.70 Å². The van der Waals surface area contributed by atoms with Crippen molar-refractivity contribution < 1.29 is 4.79 Å². The van der Waals surface area contributed by atoms with Crippen LogP contribution in [-0.4, -0.2) is 12.6 Å². The maximum Gasteiger partial charge on any atom is 0.267 e. The fraction of sp³-hybridized carbons (Fsp3) is 0.0769. The molecule has 0 saturated carbocycles. The van der Waals surface area contributed by atoms with E-state index in [0.717, 1.165) is 4.90 Å². The third kappa shape index (κ3) is 4.28. The van der Waals surface area contributed by atoms with E-state index in [1.807, 2.05) is 31.2 Å². The second kappa shape index (κ2) is 6.06. The number of thioether (sulfide) groups is 1. The molecule has 0 aliphatic heterocycles. The lowest BCUT2D eigenvalue weighted by molar-refractivity contribution is -0.114. The minimum Gasteiger partial charge on any atom is -0.364 e. The summed E-state index contributed by atoms with van der Waals surface area (Å²) >= 11 is 1.45. The molecule has 0 radical (unpaired) electrons. The van der Waals surface area contributed by atoms with Gasteiger partial charge < -0.3 is 5.73 Å². The molecule has 1 rings (SSSR count). The number of carbonyl (C=O) groups excluding carboxylic acids is 1. The first-order chi connectivity index (χ1) is 8.02. The number of nitrogens with zero attached hydrogens (tertiary/aromatic N) is 1. The second-order valence-corrected chi connectivity index (χ2v) is 4.64. The number of hydrogen-bond donors (Lipinski definition) is 1. The molecule has 0 unspecified atom stereocenters. The SMILES string of the molecule is C=N/C(=C\C(=C)Sc1cccc(C)c1)C(N)=O. The normalized spacial score (nSPS) is 11.0. The molecule has 0 atom stereocenters. The molecule has 3 nitrogen and oxygen atoms in total. The van der Waals surface area contributed by atoms with Crippen LogP contribution >= 0.6 is 11.8 Å². The molecule has 0 heterocycles. The molecular formula is C13H14N2OS. The predicted octanol–water partition coefficient (Wildman–Crippen LogP) is 2.67. The van der Waals surface area contributed by atoms with Crippen LogP contribution < -0.4 is 5.73 Å². The topological polar surface area (TPSA) is 55.4 Å². The van der Waals surface area contributed by atoms with Gasteiger partial charge in [-0.25, -0.2) is 0 Å². The van der Waals surface area contributed by atoms with Crippen molar-refractivity contribution in [3.63, 3.8) is 0 Å². The molecule has 0 fully saturated rings. The summed E-state index contributed by atoms with van der Waals surface area (Å²) in [5.74, 6) is -0.606. The van der Waals surface area contributed by atoms with Gasteiger partial charge in [0.1, 0.15) is 5.70 Å². The van der Waals surface area contributed by atoms with Gasteiger partial charge in [-0.1, -0.05) is 36.0 Å². The quantitative estimate of drug-likeness (QED) is 0.376. The number of benzene rings is 1. The van der Waals surface area contributed by atoms with E-state index in [4.69, 9.17) is 5.73 Å². The Hall–Kier alpha value is -1.81. The first-order valence-electron chi connectivity index (χ1n) is 4.94. The summed E-state index contributed by atoms with van der Waals surface area (Å²) in [5.41, 5.74) is 6.41. The van der Waals surface area contributed by atoms with Gasteiger partial charge in [0.15, 0.2) is 0 Å². The van der Waals surface area contributed by atoms with E-state index in [1.54, 1.807) is 0 Å². The van der Waals surface area contributed by atoms with Crippen molar-refractivity contribution >= 4 is 24.4 Å². The standard InChI is InChI=1S/C13H14N2OS/c1-9-5-4-6-11(7-9)17-10(2)8-12(15-3)13(14)16/h4-8H,2-3H2,1H3,(H2,14,16)/b12-8-. The summed E-state index contributed by atoms with van der Waals surface area (Å²) in [6.45, 7) is 9.14. The molecule has 1 aromatic carbocycles.